The van der Waals surface area contributed by atoms with Gasteiger partial charge in [-0.05, 0) is 5.01 Å². The van der Waals surface area contributed by atoms with Crippen molar-refractivity contribution in [2.45, 2.75) is 12.3 Å². The summed E-state index contributed by atoms with van der Waals surface area (Å²) in [6.07, 6.45) is -3.13. The number of nitrogens with one attached hydrogen (secondary N) is 1. The molecule has 2 aliphatic heterocycles. The van der Waals surface area contributed by atoms with Crippen molar-refractivity contribution >= 4 is 6.03 Å². The molecule has 98 valence electrons. The maximum absolute atomic E-state index is 11.2. The van der Waals surface area contributed by atoms with Crippen molar-refractivity contribution in [3.63, 3.8) is 0 Å². The Kier molecular flexibility index (Phi) is 2.27. The SMILES string of the molecule is O=C1NC2C(N([N+](=O)[O-])CN2[N+](=O)[O-])N1[N+](=O)[O-]. The highest BCUT2D eigenvalue weighted by molar-refractivity contribution is 5.76. The zero-order valence-electron chi connectivity index (χ0n) is 8.40. The maximum atomic E-state index is 11.2. The quantitative estimate of drug-likeness (QED) is 0.439. The molecule has 18 heavy (non-hydrogen) atoms. The molecule has 0 aromatic rings. The molecule has 0 bridgehead atoms. The van der Waals surface area contributed by atoms with E-state index in [0.717, 1.165) is 0 Å². The lowest BCUT2D eigenvalue weighted by atomic mass is 10.4. The lowest BCUT2D eigenvalue weighted by Crippen LogP contribution is -2.50. The number of nitro groups is 3. The van der Waals surface area contributed by atoms with E-state index in [2.05, 4.69) is 0 Å². The summed E-state index contributed by atoms with van der Waals surface area (Å²) in [6, 6.07) is -1.24. The fraction of sp³-hybridized carbons (Fsp3) is 0.750. The van der Waals surface area contributed by atoms with Crippen LogP contribution in [-0.4, -0.2) is 55.2 Å². The summed E-state index contributed by atoms with van der Waals surface area (Å²) < 4.78 is 0. The maximum Gasteiger partial charge on any atom is 0.380 e. The van der Waals surface area contributed by atoms with Gasteiger partial charge in [0.1, 0.15) is 0 Å². The van der Waals surface area contributed by atoms with Crippen molar-refractivity contribution in [2.24, 2.45) is 0 Å². The minimum Gasteiger partial charge on any atom is -0.305 e. The van der Waals surface area contributed by atoms with Crippen LogP contribution in [0.15, 0.2) is 0 Å². The van der Waals surface area contributed by atoms with Crippen LogP contribution in [0.4, 0.5) is 4.79 Å². The highest BCUT2D eigenvalue weighted by atomic mass is 16.7. The van der Waals surface area contributed by atoms with Gasteiger partial charge in [-0.15, -0.1) is 0 Å². The molecule has 0 radical (unpaired) electrons. The molecule has 2 saturated heterocycles. The smallest absolute Gasteiger partial charge is 0.305 e. The normalized spacial score (nSPS) is 26.0. The summed E-state index contributed by atoms with van der Waals surface area (Å²) in [5, 5.41) is 31.3. The topological polar surface area (TPSA) is 168 Å². The van der Waals surface area contributed by atoms with Gasteiger partial charge in [-0.25, -0.2) is 35.1 Å². The van der Waals surface area contributed by atoms with Gasteiger partial charge in [-0.3, -0.25) is 0 Å². The van der Waals surface area contributed by atoms with E-state index in [4.69, 9.17) is 0 Å². The number of hydrogen-bond donors (Lipinski definition) is 1. The average molecular weight is 263 g/mol. The van der Waals surface area contributed by atoms with Crippen molar-refractivity contribution in [2.75, 3.05) is 6.67 Å². The van der Waals surface area contributed by atoms with Gasteiger partial charge in [-0.2, -0.15) is 0 Å². The predicted octanol–water partition coefficient (Wildman–Crippen LogP) is -2.19. The largest absolute Gasteiger partial charge is 0.380 e. The second-order valence-corrected chi connectivity index (χ2v) is 3.39. The van der Waals surface area contributed by atoms with Gasteiger partial charge in [0.05, 0.1) is 0 Å². The van der Waals surface area contributed by atoms with Crippen LogP contribution < -0.4 is 5.32 Å². The molecule has 1 N–H and O–H groups in total. The number of carbonyl (C=O) groups excluding carboxylic acids is 1. The average Bonchev–Trinajstić information content (AvgIpc) is 2.71. The number of amides is 2. The van der Waals surface area contributed by atoms with E-state index in [1.165, 1.54) is 0 Å². The van der Waals surface area contributed by atoms with E-state index in [-0.39, 0.29) is 10.0 Å². The first-order valence-electron chi connectivity index (χ1n) is 4.40. The molecule has 2 rings (SSSR count). The van der Waals surface area contributed by atoms with Crippen LogP contribution in [0.25, 0.3) is 0 Å². The summed E-state index contributed by atoms with van der Waals surface area (Å²) in [5.41, 5.74) is 0. The molecule has 0 saturated carbocycles. The summed E-state index contributed by atoms with van der Waals surface area (Å²) in [5.74, 6) is 0. The number of fused-ring (bicyclic) bond motifs is 1. The third kappa shape index (κ3) is 1.39. The molecular formula is C4H5N7O7. The second kappa shape index (κ2) is 3.54. The van der Waals surface area contributed by atoms with Crippen molar-refractivity contribution in [1.82, 2.24) is 20.3 Å². The van der Waals surface area contributed by atoms with Crippen LogP contribution in [0.3, 0.4) is 0 Å². The Morgan fingerprint density at radius 3 is 2.06 bits per heavy atom. The van der Waals surface area contributed by atoms with Crippen LogP contribution in [0.5, 0.6) is 0 Å². The minimum absolute atomic E-state index is 0.0447. The third-order valence-corrected chi connectivity index (χ3v) is 2.52. The third-order valence-electron chi connectivity index (χ3n) is 2.52. The fourth-order valence-corrected chi connectivity index (χ4v) is 1.83. The Morgan fingerprint density at radius 1 is 1.06 bits per heavy atom. The van der Waals surface area contributed by atoms with Gasteiger partial charge in [-0.1, -0.05) is 10.0 Å². The zero-order chi connectivity index (χ0) is 13.6. The van der Waals surface area contributed by atoms with Gasteiger partial charge in [0.15, 0.2) is 15.1 Å². The van der Waals surface area contributed by atoms with Crippen molar-refractivity contribution in [3.8, 4) is 0 Å². The molecule has 2 amide bonds. The van der Waals surface area contributed by atoms with E-state index in [0.29, 0.717) is 5.01 Å². The number of hydrogen-bond acceptors (Lipinski definition) is 7. The molecule has 0 aliphatic carbocycles. The van der Waals surface area contributed by atoms with Crippen LogP contribution in [0.2, 0.25) is 0 Å². The lowest BCUT2D eigenvalue weighted by molar-refractivity contribution is -0.715. The van der Waals surface area contributed by atoms with E-state index in [1.807, 2.05) is 5.32 Å². The van der Waals surface area contributed by atoms with Gasteiger partial charge in [0, 0.05) is 0 Å². The molecule has 0 aromatic carbocycles. The minimum atomic E-state index is -1.67. The highest BCUT2D eigenvalue weighted by Gasteiger charge is 2.65. The van der Waals surface area contributed by atoms with Crippen molar-refractivity contribution < 1.29 is 19.9 Å². The van der Waals surface area contributed by atoms with Crippen LogP contribution in [0.1, 0.15) is 0 Å². The Bertz CT molecular complexity index is 451. The first-order chi connectivity index (χ1) is 8.34. The number of rotatable bonds is 3. The Labute approximate surface area is 96.7 Å². The van der Waals surface area contributed by atoms with E-state index in [9.17, 15) is 35.1 Å². The van der Waals surface area contributed by atoms with Crippen LogP contribution in [-0.2, 0) is 0 Å². The number of urea groups is 1. The van der Waals surface area contributed by atoms with Crippen molar-refractivity contribution in [3.05, 3.63) is 30.3 Å². The van der Waals surface area contributed by atoms with Gasteiger partial charge in [0.25, 0.3) is 6.17 Å². The summed E-state index contributed by atoms with van der Waals surface area (Å²) in [7, 11) is 0. The van der Waals surface area contributed by atoms with Gasteiger partial charge < -0.3 is 5.32 Å². The van der Waals surface area contributed by atoms with E-state index in [1.54, 1.807) is 0 Å². The first kappa shape index (κ1) is 11.6. The molecular weight excluding hydrogens is 258 g/mol. The summed E-state index contributed by atoms with van der Waals surface area (Å²) >= 11 is 0. The molecule has 14 heteroatoms. The van der Waals surface area contributed by atoms with Crippen LogP contribution >= 0.6 is 0 Å². The number of carbonyl (C=O) groups is 1. The molecule has 2 unspecified atom stereocenters. The van der Waals surface area contributed by atoms with Crippen LogP contribution in [0, 0.1) is 30.3 Å². The summed E-state index contributed by atoms with van der Waals surface area (Å²) in [4.78, 5) is 43.2. The predicted molar refractivity (Wildman–Crippen MR) is 47.5 cm³/mol. The molecule has 2 fully saturated rings. The van der Waals surface area contributed by atoms with E-state index >= 15 is 0 Å². The molecule has 0 spiro atoms. The highest BCUT2D eigenvalue weighted by Crippen LogP contribution is 2.27. The monoisotopic (exact) mass is 263 g/mol. The molecule has 0 aromatic heterocycles. The second-order valence-electron chi connectivity index (χ2n) is 3.39. The van der Waals surface area contributed by atoms with Gasteiger partial charge >= 0.3 is 6.03 Å². The molecule has 2 aliphatic rings. The fourth-order valence-electron chi connectivity index (χ4n) is 1.83. The first-order valence-corrected chi connectivity index (χ1v) is 4.40. The number of hydrazine groups is 3. The summed E-state index contributed by atoms with van der Waals surface area (Å²) in [6.45, 7) is -0.778. The Hall–Kier alpha value is -2.93. The standard InChI is InChI=1S/C4H5N7O7/c12-4-5-2-3(8(4)11(17)18)7(10(15)16)1-6(2)9(13)14/h2-3H,1H2,(H,5,12). The van der Waals surface area contributed by atoms with Crippen molar-refractivity contribution in [1.29, 1.82) is 0 Å². The number of nitrogens with zero attached hydrogens (tertiary/aromatic N) is 6. The molecule has 2 heterocycles. The van der Waals surface area contributed by atoms with E-state index < -0.39 is 40.1 Å². The zero-order valence-corrected chi connectivity index (χ0v) is 8.40. The lowest BCUT2D eigenvalue weighted by Gasteiger charge is -2.14. The molecule has 2 atom stereocenters. The van der Waals surface area contributed by atoms with Gasteiger partial charge in [0.2, 0.25) is 12.8 Å². The molecule has 14 nitrogen and oxygen atoms in total. The Balaban J connectivity index is 2.39. The Morgan fingerprint density at radius 2 is 1.61 bits per heavy atom.